The molecule has 0 spiro atoms. The van der Waals surface area contributed by atoms with Gasteiger partial charge in [0.05, 0.1) is 16.8 Å². The van der Waals surface area contributed by atoms with Gasteiger partial charge in [0.15, 0.2) is 0 Å². The average Bonchev–Trinajstić information content (AvgIpc) is 3.18. The van der Waals surface area contributed by atoms with E-state index in [4.69, 9.17) is 39.9 Å². The first kappa shape index (κ1) is 21.8. The minimum atomic E-state index is -0.141. The van der Waals surface area contributed by atoms with E-state index in [-0.39, 0.29) is 17.5 Å². The highest BCUT2D eigenvalue weighted by atomic mass is 35.5. The lowest BCUT2D eigenvalue weighted by atomic mass is 9.53. The predicted octanol–water partition coefficient (Wildman–Crippen LogP) is 7.04. The third kappa shape index (κ3) is 4.05. The summed E-state index contributed by atoms with van der Waals surface area (Å²) in [6, 6.07) is 12.9. The van der Waals surface area contributed by atoms with Crippen molar-refractivity contribution in [3.05, 3.63) is 63.1 Å². The van der Waals surface area contributed by atoms with E-state index < -0.39 is 0 Å². The molecule has 1 amide bonds. The van der Waals surface area contributed by atoms with Crippen LogP contribution in [0, 0.1) is 17.8 Å². The second-order valence-electron chi connectivity index (χ2n) is 10.4. The molecule has 1 heterocycles. The molecule has 4 fully saturated rings. The van der Waals surface area contributed by atoms with Crippen LogP contribution in [0.1, 0.15) is 56.6 Å². The fraction of sp³-hybridized carbons (Fsp3) is 0.462. The Morgan fingerprint density at radius 1 is 0.909 bits per heavy atom. The highest BCUT2D eigenvalue weighted by Gasteiger charge is 2.52. The van der Waals surface area contributed by atoms with Crippen LogP contribution in [0.2, 0.25) is 15.1 Å². The number of hydrogen-bond donors (Lipinski definition) is 1. The van der Waals surface area contributed by atoms with Crippen LogP contribution in [0.15, 0.2) is 47.6 Å². The third-order valence-corrected chi connectivity index (χ3v) is 8.79. The van der Waals surface area contributed by atoms with Crippen LogP contribution in [-0.2, 0) is 4.79 Å². The van der Waals surface area contributed by atoms with Crippen molar-refractivity contribution < 1.29 is 4.79 Å². The molecule has 4 bridgehead atoms. The minimum Gasteiger partial charge on any atom is -0.345 e. The van der Waals surface area contributed by atoms with Gasteiger partial charge in [0, 0.05) is 22.0 Å². The van der Waals surface area contributed by atoms with Gasteiger partial charge in [-0.2, -0.15) is 5.10 Å². The van der Waals surface area contributed by atoms with Gasteiger partial charge in [-0.15, -0.1) is 0 Å². The number of rotatable bonds is 4. The largest absolute Gasteiger partial charge is 0.345 e. The fourth-order valence-electron chi connectivity index (χ4n) is 7.06. The second-order valence-corrected chi connectivity index (χ2v) is 11.7. The monoisotopic (exact) mass is 501 g/mol. The Balaban J connectivity index is 1.30. The molecule has 0 radical (unpaired) electrons. The molecule has 2 aromatic rings. The molecule has 33 heavy (non-hydrogen) atoms. The van der Waals surface area contributed by atoms with Crippen molar-refractivity contribution in [3.63, 3.8) is 0 Å². The maximum atomic E-state index is 13.5. The van der Waals surface area contributed by atoms with E-state index in [9.17, 15) is 4.79 Å². The first-order valence-electron chi connectivity index (χ1n) is 11.8. The van der Waals surface area contributed by atoms with Crippen molar-refractivity contribution in [3.8, 4) is 0 Å². The third-order valence-electron chi connectivity index (χ3n) is 8.00. The fourth-order valence-corrected chi connectivity index (χ4v) is 7.68. The van der Waals surface area contributed by atoms with Crippen LogP contribution in [0.25, 0.3) is 0 Å². The van der Waals surface area contributed by atoms with Gasteiger partial charge in [-0.1, -0.05) is 46.9 Å². The average molecular weight is 503 g/mol. The highest BCUT2D eigenvalue weighted by Crippen LogP contribution is 2.55. The zero-order valence-corrected chi connectivity index (χ0v) is 20.5. The molecule has 7 heteroatoms. The van der Waals surface area contributed by atoms with Crippen LogP contribution >= 0.6 is 34.8 Å². The van der Waals surface area contributed by atoms with Crippen LogP contribution in [0.4, 0.5) is 5.69 Å². The molecular formula is C26H26Cl3N3O. The summed E-state index contributed by atoms with van der Waals surface area (Å²) in [4.78, 5) is 13.5. The highest BCUT2D eigenvalue weighted by molar-refractivity contribution is 6.40. The van der Waals surface area contributed by atoms with Crippen LogP contribution in [-0.4, -0.2) is 17.2 Å². The van der Waals surface area contributed by atoms with Gasteiger partial charge in [-0.25, -0.2) is 0 Å². The molecule has 172 valence electrons. The Morgan fingerprint density at radius 2 is 1.52 bits per heavy atom. The Bertz CT molecular complexity index is 1090. The zero-order chi connectivity index (χ0) is 22.7. The van der Waals surface area contributed by atoms with Gasteiger partial charge in [0.25, 0.3) is 5.91 Å². The summed E-state index contributed by atoms with van der Waals surface area (Å²) < 4.78 is 0. The van der Waals surface area contributed by atoms with Gasteiger partial charge in [-0.05, 0) is 92.2 Å². The van der Waals surface area contributed by atoms with Gasteiger partial charge >= 0.3 is 0 Å². The van der Waals surface area contributed by atoms with Crippen molar-refractivity contribution in [1.29, 1.82) is 0 Å². The maximum Gasteiger partial charge on any atom is 0.268 e. The van der Waals surface area contributed by atoms with Crippen molar-refractivity contribution in [2.24, 2.45) is 22.9 Å². The van der Waals surface area contributed by atoms with Crippen LogP contribution in [0.3, 0.4) is 0 Å². The van der Waals surface area contributed by atoms with E-state index in [2.05, 4.69) is 5.32 Å². The summed E-state index contributed by atoms with van der Waals surface area (Å²) in [5.41, 5.74) is 2.28. The Kier molecular flexibility index (Phi) is 5.39. The summed E-state index contributed by atoms with van der Waals surface area (Å²) >= 11 is 18.8. The van der Waals surface area contributed by atoms with Crippen molar-refractivity contribution in [2.75, 3.05) is 5.01 Å². The first-order chi connectivity index (χ1) is 15.9. The molecule has 1 N–H and O–H groups in total. The van der Waals surface area contributed by atoms with E-state index in [0.29, 0.717) is 27.2 Å². The molecule has 7 rings (SSSR count). The summed E-state index contributed by atoms with van der Waals surface area (Å²) in [5.74, 6) is 2.28. The molecule has 4 aliphatic carbocycles. The molecule has 4 nitrogen and oxygen atoms in total. The molecule has 2 aromatic carbocycles. The Morgan fingerprint density at radius 3 is 2.12 bits per heavy atom. The predicted molar refractivity (Wildman–Crippen MR) is 134 cm³/mol. The van der Waals surface area contributed by atoms with Gasteiger partial charge in [-0.3, -0.25) is 9.80 Å². The number of hydrazone groups is 1. The standard InChI is InChI=1S/C26H26Cl3N3O/c27-19-3-1-18(2-4-19)24-11-22(31-32(24)23-6-5-20(28)10-21(23)29)25(33)30-26-12-15-7-16(13-26)9-17(8-15)14-26/h1-6,10,15-17,24H,7-9,11-14H2,(H,30,33)/t15?,16?,17?,24-,26?/m0/s1. The SMILES string of the molecule is O=C(NC12CC3CC(CC(C3)C1)C2)C1=NN(c2ccc(Cl)cc2Cl)[C@H](c2ccc(Cl)cc2)C1. The molecule has 0 aromatic heterocycles. The van der Waals surface area contributed by atoms with Crippen molar-refractivity contribution in [2.45, 2.75) is 56.5 Å². The number of benzene rings is 2. The second kappa shape index (κ2) is 8.18. The smallest absolute Gasteiger partial charge is 0.268 e. The molecule has 0 saturated heterocycles. The maximum absolute atomic E-state index is 13.5. The van der Waals surface area contributed by atoms with Gasteiger partial charge in [0.2, 0.25) is 0 Å². The first-order valence-corrected chi connectivity index (χ1v) is 12.9. The molecular weight excluding hydrogens is 477 g/mol. The molecule has 1 atom stereocenters. The van der Waals surface area contributed by atoms with Gasteiger partial charge < -0.3 is 5.32 Å². The molecule has 5 aliphatic rings. The number of nitrogens with one attached hydrogen (secondary N) is 1. The van der Waals surface area contributed by atoms with E-state index in [1.54, 1.807) is 12.1 Å². The quantitative estimate of drug-likeness (QED) is 0.487. The molecule has 0 unspecified atom stereocenters. The van der Waals surface area contributed by atoms with Crippen LogP contribution in [0.5, 0.6) is 0 Å². The van der Waals surface area contributed by atoms with E-state index in [1.165, 1.54) is 19.3 Å². The number of amides is 1. The number of carbonyl (C=O) groups is 1. The number of halogens is 3. The van der Waals surface area contributed by atoms with Gasteiger partial charge in [0.1, 0.15) is 5.71 Å². The van der Waals surface area contributed by atoms with Crippen molar-refractivity contribution in [1.82, 2.24) is 5.32 Å². The summed E-state index contributed by atoms with van der Waals surface area (Å²) in [5, 5.41) is 11.9. The van der Waals surface area contributed by atoms with E-state index in [1.807, 2.05) is 35.3 Å². The Labute approximate surface area is 209 Å². The van der Waals surface area contributed by atoms with E-state index >= 15 is 0 Å². The topological polar surface area (TPSA) is 44.7 Å². The lowest BCUT2D eigenvalue weighted by molar-refractivity contribution is -0.120. The molecule has 4 saturated carbocycles. The van der Waals surface area contributed by atoms with Crippen molar-refractivity contribution >= 4 is 52.1 Å². The minimum absolute atomic E-state index is 0.0384. The number of nitrogens with zero attached hydrogens (tertiary/aromatic N) is 2. The summed E-state index contributed by atoms with van der Waals surface area (Å²) in [6.07, 6.45) is 7.90. The lowest BCUT2D eigenvalue weighted by Gasteiger charge is -2.56. The summed E-state index contributed by atoms with van der Waals surface area (Å²) in [6.45, 7) is 0. The zero-order valence-electron chi connectivity index (χ0n) is 18.2. The molecule has 1 aliphatic heterocycles. The number of carbonyl (C=O) groups excluding carboxylic acids is 1. The Hall–Kier alpha value is -1.75. The summed E-state index contributed by atoms with van der Waals surface area (Å²) in [7, 11) is 0. The normalized spacial score (nSPS) is 32.2. The number of anilines is 1. The number of hydrogen-bond acceptors (Lipinski definition) is 3. The van der Waals surface area contributed by atoms with Crippen LogP contribution < -0.4 is 10.3 Å². The lowest BCUT2D eigenvalue weighted by Crippen LogP contribution is -2.60. The van der Waals surface area contributed by atoms with E-state index in [0.717, 1.165) is 48.3 Å².